The van der Waals surface area contributed by atoms with Crippen molar-refractivity contribution in [2.24, 2.45) is 0 Å². The maximum absolute atomic E-state index is 12.7. The normalized spacial score (nSPS) is 11.4. The van der Waals surface area contributed by atoms with Gasteiger partial charge < -0.3 is 4.90 Å². The van der Waals surface area contributed by atoms with Gasteiger partial charge in [0, 0.05) is 48.6 Å². The fraction of sp³-hybridized carbons (Fsp3) is 0.118. The molecule has 1 aromatic heterocycles. The van der Waals surface area contributed by atoms with Gasteiger partial charge in [-0.2, -0.15) is 0 Å². The molecule has 0 atom stereocenters. The van der Waals surface area contributed by atoms with Crippen LogP contribution in [-0.2, 0) is 10.0 Å². The van der Waals surface area contributed by atoms with Gasteiger partial charge in [-0.1, -0.05) is 12.1 Å². The minimum Gasteiger partial charge on any atom is -0.378 e. The molecule has 0 bridgehead atoms. The molecule has 3 rings (SSSR count). The summed E-state index contributed by atoms with van der Waals surface area (Å²) in [6.07, 6.45) is 3.24. The van der Waals surface area contributed by atoms with Gasteiger partial charge in [-0.3, -0.25) is 9.71 Å². The van der Waals surface area contributed by atoms with E-state index in [4.69, 9.17) is 0 Å². The number of sulfonamides is 1. The Hall–Kier alpha value is -2.60. The summed E-state index contributed by atoms with van der Waals surface area (Å²) in [4.78, 5) is 6.23. The molecule has 0 aliphatic heterocycles. The predicted molar refractivity (Wildman–Crippen MR) is 93.3 cm³/mol. The van der Waals surface area contributed by atoms with Crippen molar-refractivity contribution in [1.29, 1.82) is 0 Å². The van der Waals surface area contributed by atoms with Gasteiger partial charge in [0.2, 0.25) is 0 Å². The molecular weight excluding hydrogens is 310 g/mol. The number of benzene rings is 2. The number of aromatic nitrogens is 1. The Morgan fingerprint density at radius 2 is 1.74 bits per heavy atom. The molecule has 23 heavy (non-hydrogen) atoms. The minimum atomic E-state index is -3.66. The summed E-state index contributed by atoms with van der Waals surface area (Å²) < 4.78 is 28.0. The zero-order chi connectivity index (χ0) is 16.4. The second-order valence-corrected chi connectivity index (χ2v) is 7.05. The Morgan fingerprint density at radius 3 is 2.43 bits per heavy atom. The highest BCUT2D eigenvalue weighted by Gasteiger charge is 2.17. The standard InChI is InChI=1S/C17H17N3O2S/c1-20(2)15-8-6-14(7-9-15)19-23(21,22)17-5-3-4-13-12-18-11-10-16(13)17/h3-12,19H,1-2H3. The third-order valence-electron chi connectivity index (χ3n) is 3.57. The van der Waals surface area contributed by atoms with E-state index in [9.17, 15) is 8.42 Å². The lowest BCUT2D eigenvalue weighted by atomic mass is 10.2. The lowest BCUT2D eigenvalue weighted by Crippen LogP contribution is -2.14. The first-order valence-corrected chi connectivity index (χ1v) is 8.59. The molecule has 0 unspecified atom stereocenters. The van der Waals surface area contributed by atoms with Gasteiger partial charge in [-0.25, -0.2) is 8.42 Å². The van der Waals surface area contributed by atoms with Crippen molar-refractivity contribution in [2.45, 2.75) is 4.90 Å². The van der Waals surface area contributed by atoms with Crippen molar-refractivity contribution >= 4 is 32.2 Å². The molecule has 0 amide bonds. The predicted octanol–water partition coefficient (Wildman–Crippen LogP) is 3.10. The summed E-state index contributed by atoms with van der Waals surface area (Å²) in [6.45, 7) is 0. The Bertz CT molecular complexity index is 930. The third-order valence-corrected chi connectivity index (χ3v) is 5.01. The Balaban J connectivity index is 1.98. The molecule has 3 aromatic rings. The first-order valence-electron chi connectivity index (χ1n) is 7.10. The van der Waals surface area contributed by atoms with Gasteiger partial charge >= 0.3 is 0 Å². The van der Waals surface area contributed by atoms with E-state index in [1.54, 1.807) is 42.7 Å². The zero-order valence-electron chi connectivity index (χ0n) is 12.9. The first kappa shape index (κ1) is 15.3. The van der Waals surface area contributed by atoms with Crippen molar-refractivity contribution in [3.05, 3.63) is 60.9 Å². The highest BCUT2D eigenvalue weighted by atomic mass is 32.2. The summed E-state index contributed by atoms with van der Waals surface area (Å²) in [5, 5.41) is 1.44. The van der Waals surface area contributed by atoms with Crippen LogP contribution in [0.2, 0.25) is 0 Å². The molecule has 0 radical (unpaired) electrons. The van der Waals surface area contributed by atoms with E-state index in [2.05, 4.69) is 9.71 Å². The Morgan fingerprint density at radius 1 is 1.00 bits per heavy atom. The van der Waals surface area contributed by atoms with Gasteiger partial charge in [-0.15, -0.1) is 0 Å². The number of nitrogens with zero attached hydrogens (tertiary/aromatic N) is 2. The number of hydrogen-bond acceptors (Lipinski definition) is 4. The molecule has 6 heteroatoms. The van der Waals surface area contributed by atoms with Crippen LogP contribution < -0.4 is 9.62 Å². The Kier molecular flexibility index (Phi) is 3.92. The molecule has 0 saturated carbocycles. The van der Waals surface area contributed by atoms with Crippen LogP contribution in [0.25, 0.3) is 10.8 Å². The van der Waals surface area contributed by atoms with Crippen LogP contribution in [0.3, 0.4) is 0 Å². The van der Waals surface area contributed by atoms with Crippen LogP contribution in [0.4, 0.5) is 11.4 Å². The monoisotopic (exact) mass is 327 g/mol. The van der Waals surface area contributed by atoms with Crippen LogP contribution >= 0.6 is 0 Å². The molecule has 0 aliphatic rings. The molecule has 1 heterocycles. The highest BCUT2D eigenvalue weighted by Crippen LogP contribution is 2.25. The van der Waals surface area contributed by atoms with Crippen molar-refractivity contribution in [2.75, 3.05) is 23.7 Å². The number of fused-ring (bicyclic) bond motifs is 1. The molecule has 2 aromatic carbocycles. The molecule has 0 spiro atoms. The number of hydrogen-bond donors (Lipinski definition) is 1. The highest BCUT2D eigenvalue weighted by molar-refractivity contribution is 7.93. The van der Waals surface area contributed by atoms with E-state index in [0.717, 1.165) is 11.1 Å². The quantitative estimate of drug-likeness (QED) is 0.800. The maximum atomic E-state index is 12.7. The van der Waals surface area contributed by atoms with E-state index in [1.807, 2.05) is 37.2 Å². The lowest BCUT2D eigenvalue weighted by molar-refractivity contribution is 0.602. The van der Waals surface area contributed by atoms with Crippen LogP contribution in [-0.4, -0.2) is 27.5 Å². The van der Waals surface area contributed by atoms with Crippen LogP contribution in [0, 0.1) is 0 Å². The fourth-order valence-corrected chi connectivity index (χ4v) is 3.65. The Labute approximate surface area is 135 Å². The molecule has 5 nitrogen and oxygen atoms in total. The number of anilines is 2. The SMILES string of the molecule is CN(C)c1ccc(NS(=O)(=O)c2cccc3cnccc23)cc1. The topological polar surface area (TPSA) is 62.3 Å². The third kappa shape index (κ3) is 3.12. The molecule has 0 saturated heterocycles. The second kappa shape index (κ2) is 5.89. The van der Waals surface area contributed by atoms with Gasteiger partial charge in [0.1, 0.15) is 0 Å². The molecule has 1 N–H and O–H groups in total. The summed E-state index contributed by atoms with van der Waals surface area (Å²) in [6, 6.07) is 14.1. The maximum Gasteiger partial charge on any atom is 0.262 e. The largest absolute Gasteiger partial charge is 0.378 e. The van der Waals surface area contributed by atoms with E-state index in [-0.39, 0.29) is 4.90 Å². The van der Waals surface area contributed by atoms with Gasteiger partial charge in [0.15, 0.2) is 0 Å². The summed E-state index contributed by atoms with van der Waals surface area (Å²) in [7, 11) is 0.203. The average molecular weight is 327 g/mol. The summed E-state index contributed by atoms with van der Waals surface area (Å²) >= 11 is 0. The average Bonchev–Trinajstić information content (AvgIpc) is 2.54. The van der Waals surface area contributed by atoms with Crippen molar-refractivity contribution in [3.8, 4) is 0 Å². The lowest BCUT2D eigenvalue weighted by Gasteiger charge is -2.14. The zero-order valence-corrected chi connectivity index (χ0v) is 13.7. The van der Waals surface area contributed by atoms with Crippen LogP contribution in [0.5, 0.6) is 0 Å². The van der Waals surface area contributed by atoms with Crippen molar-refractivity contribution in [3.63, 3.8) is 0 Å². The number of pyridine rings is 1. The molecule has 0 fully saturated rings. The molecule has 118 valence electrons. The van der Waals surface area contributed by atoms with Crippen LogP contribution in [0.1, 0.15) is 0 Å². The first-order chi connectivity index (χ1) is 11.0. The number of rotatable bonds is 4. The van der Waals surface area contributed by atoms with E-state index in [1.165, 1.54) is 0 Å². The number of nitrogens with one attached hydrogen (secondary N) is 1. The fourth-order valence-electron chi connectivity index (χ4n) is 2.36. The molecule has 0 aliphatic carbocycles. The van der Waals surface area contributed by atoms with Crippen LogP contribution in [0.15, 0.2) is 65.8 Å². The second-order valence-electron chi connectivity index (χ2n) is 5.40. The van der Waals surface area contributed by atoms with Crippen molar-refractivity contribution < 1.29 is 8.42 Å². The van der Waals surface area contributed by atoms with Gasteiger partial charge in [0.05, 0.1) is 4.90 Å². The van der Waals surface area contributed by atoms with Gasteiger partial charge in [-0.05, 0) is 36.4 Å². The van der Waals surface area contributed by atoms with E-state index < -0.39 is 10.0 Å². The smallest absolute Gasteiger partial charge is 0.262 e. The molecular formula is C17H17N3O2S. The minimum absolute atomic E-state index is 0.245. The van der Waals surface area contributed by atoms with E-state index >= 15 is 0 Å². The summed E-state index contributed by atoms with van der Waals surface area (Å²) in [5.74, 6) is 0. The van der Waals surface area contributed by atoms with Crippen molar-refractivity contribution in [1.82, 2.24) is 4.98 Å². The van der Waals surface area contributed by atoms with Gasteiger partial charge in [0.25, 0.3) is 10.0 Å². The summed E-state index contributed by atoms with van der Waals surface area (Å²) in [5.41, 5.74) is 1.53. The van der Waals surface area contributed by atoms with E-state index in [0.29, 0.717) is 11.1 Å².